The van der Waals surface area contributed by atoms with Gasteiger partial charge in [0.1, 0.15) is 18.7 Å². The number of hydrogen-bond donors (Lipinski definition) is 2. The molecule has 1 heterocycles. The number of carboxylic acid groups (broad SMARTS) is 1. The lowest BCUT2D eigenvalue weighted by Crippen LogP contribution is -2.52. The van der Waals surface area contributed by atoms with E-state index in [1.54, 1.807) is 6.92 Å². The molecule has 4 rings (SSSR count). The van der Waals surface area contributed by atoms with Crippen LogP contribution in [0.5, 0.6) is 0 Å². The van der Waals surface area contributed by atoms with Gasteiger partial charge in [-0.2, -0.15) is 0 Å². The van der Waals surface area contributed by atoms with Gasteiger partial charge in [0.25, 0.3) is 5.92 Å². The van der Waals surface area contributed by atoms with Crippen LogP contribution in [0, 0.1) is 0 Å². The molecule has 2 aromatic carbocycles. The number of carboxylic acids is 1. The summed E-state index contributed by atoms with van der Waals surface area (Å²) in [4.78, 5) is 37.6. The molecule has 2 aliphatic rings. The zero-order valence-corrected chi connectivity index (χ0v) is 18.7. The topological polar surface area (TPSA) is 95.9 Å². The highest BCUT2D eigenvalue weighted by Crippen LogP contribution is 2.44. The van der Waals surface area contributed by atoms with E-state index in [4.69, 9.17) is 4.74 Å². The molecule has 0 saturated carbocycles. The summed E-state index contributed by atoms with van der Waals surface area (Å²) in [6.07, 6.45) is -1.16. The average Bonchev–Trinajstić information content (AvgIpc) is 3.31. The van der Waals surface area contributed by atoms with Crippen LogP contribution in [0.4, 0.5) is 13.6 Å². The number of carbonyl (C=O) groups is 3. The van der Waals surface area contributed by atoms with Gasteiger partial charge in [0.15, 0.2) is 0 Å². The van der Waals surface area contributed by atoms with Crippen LogP contribution in [-0.4, -0.2) is 59.1 Å². The second-order valence-corrected chi connectivity index (χ2v) is 8.69. The fourth-order valence-electron chi connectivity index (χ4n) is 4.80. The molecule has 34 heavy (non-hydrogen) atoms. The van der Waals surface area contributed by atoms with E-state index in [1.165, 1.54) is 0 Å². The van der Waals surface area contributed by atoms with Crippen molar-refractivity contribution >= 4 is 18.0 Å². The summed E-state index contributed by atoms with van der Waals surface area (Å²) in [6, 6.07) is 12.9. The number of likely N-dealkylation sites (tertiary alicyclic amines) is 1. The molecular formula is C25H26F2N2O5. The predicted octanol–water partition coefficient (Wildman–Crippen LogP) is 4.01. The lowest BCUT2D eigenvalue weighted by molar-refractivity contribution is -0.149. The van der Waals surface area contributed by atoms with Gasteiger partial charge in [-0.1, -0.05) is 61.9 Å². The number of fused-ring (bicyclic) bond motifs is 3. The summed E-state index contributed by atoms with van der Waals surface area (Å²) < 4.78 is 33.1. The average molecular weight is 472 g/mol. The number of aliphatic carboxylic acids is 1. The molecule has 2 aromatic rings. The lowest BCUT2D eigenvalue weighted by Gasteiger charge is -2.26. The third-order valence-electron chi connectivity index (χ3n) is 6.35. The highest BCUT2D eigenvalue weighted by atomic mass is 19.3. The van der Waals surface area contributed by atoms with Crippen molar-refractivity contribution in [3.8, 4) is 11.1 Å². The molecule has 0 aromatic heterocycles. The Labute approximate surface area is 195 Å². The Bertz CT molecular complexity index is 1060. The van der Waals surface area contributed by atoms with Crippen LogP contribution in [-0.2, 0) is 14.3 Å². The number of rotatable bonds is 7. The Kier molecular flexibility index (Phi) is 6.54. The first-order valence-corrected chi connectivity index (χ1v) is 11.2. The van der Waals surface area contributed by atoms with E-state index in [9.17, 15) is 28.3 Å². The van der Waals surface area contributed by atoms with Gasteiger partial charge < -0.3 is 20.1 Å². The van der Waals surface area contributed by atoms with Gasteiger partial charge in [-0.25, -0.2) is 18.4 Å². The van der Waals surface area contributed by atoms with Crippen molar-refractivity contribution < 1.29 is 33.0 Å². The van der Waals surface area contributed by atoms with Crippen LogP contribution in [0.2, 0.25) is 0 Å². The molecule has 180 valence electrons. The molecule has 2 atom stereocenters. The van der Waals surface area contributed by atoms with Crippen molar-refractivity contribution in [1.29, 1.82) is 0 Å². The van der Waals surface area contributed by atoms with Crippen LogP contribution >= 0.6 is 0 Å². The summed E-state index contributed by atoms with van der Waals surface area (Å²) in [5.41, 5.74) is 4.20. The third-order valence-corrected chi connectivity index (χ3v) is 6.35. The van der Waals surface area contributed by atoms with E-state index in [0.717, 1.165) is 22.3 Å². The van der Waals surface area contributed by atoms with Gasteiger partial charge in [0.2, 0.25) is 5.91 Å². The molecule has 9 heteroatoms. The fraction of sp³-hybridized carbons (Fsp3) is 0.400. The summed E-state index contributed by atoms with van der Waals surface area (Å²) in [5.74, 6) is -5.81. The van der Waals surface area contributed by atoms with Crippen LogP contribution in [0.3, 0.4) is 0 Å². The summed E-state index contributed by atoms with van der Waals surface area (Å²) in [7, 11) is 0. The molecule has 2 N–H and O–H groups in total. The second-order valence-electron chi connectivity index (χ2n) is 8.69. The lowest BCUT2D eigenvalue weighted by atomic mass is 9.98. The molecule has 2 amide bonds. The smallest absolute Gasteiger partial charge is 0.407 e. The summed E-state index contributed by atoms with van der Waals surface area (Å²) in [6.45, 7) is 0.814. The van der Waals surface area contributed by atoms with Crippen molar-refractivity contribution in [3.63, 3.8) is 0 Å². The Morgan fingerprint density at radius 1 is 1.12 bits per heavy atom. The maximum atomic E-state index is 13.8. The monoisotopic (exact) mass is 472 g/mol. The van der Waals surface area contributed by atoms with E-state index >= 15 is 0 Å². The quantitative estimate of drug-likeness (QED) is 0.635. The minimum atomic E-state index is -3.29. The number of ether oxygens (including phenoxy) is 1. The van der Waals surface area contributed by atoms with Crippen LogP contribution in [0.1, 0.15) is 43.2 Å². The second kappa shape index (κ2) is 9.40. The molecule has 7 nitrogen and oxygen atoms in total. The first kappa shape index (κ1) is 23.7. The van der Waals surface area contributed by atoms with Gasteiger partial charge in [-0.05, 0) is 28.7 Å². The number of alkyl halides is 2. The SMILES string of the molecule is CCCC(NC(=O)OCC1c2ccccc2-c2ccccc21)C(=O)N1CC(F)(F)C[C@@H]1C(=O)O. The van der Waals surface area contributed by atoms with Gasteiger partial charge in [-0.3, -0.25) is 4.79 Å². The molecule has 1 unspecified atom stereocenters. The number of nitrogens with zero attached hydrogens (tertiary/aromatic N) is 1. The Hall–Kier alpha value is -3.49. The summed E-state index contributed by atoms with van der Waals surface area (Å²) >= 11 is 0. The minimum absolute atomic E-state index is 0.0342. The minimum Gasteiger partial charge on any atom is -0.480 e. The number of nitrogens with one attached hydrogen (secondary N) is 1. The summed E-state index contributed by atoms with van der Waals surface area (Å²) in [5, 5.41) is 11.7. The number of benzene rings is 2. The maximum absolute atomic E-state index is 13.8. The first-order chi connectivity index (χ1) is 16.2. The van der Waals surface area contributed by atoms with E-state index in [1.807, 2.05) is 48.5 Å². The Morgan fingerprint density at radius 2 is 1.71 bits per heavy atom. The van der Waals surface area contributed by atoms with Gasteiger partial charge in [0.05, 0.1) is 6.54 Å². The largest absolute Gasteiger partial charge is 0.480 e. The highest BCUT2D eigenvalue weighted by molar-refractivity contribution is 5.90. The molecule has 1 aliphatic carbocycles. The van der Waals surface area contributed by atoms with Gasteiger partial charge >= 0.3 is 12.1 Å². The fourth-order valence-corrected chi connectivity index (χ4v) is 4.80. The van der Waals surface area contributed by atoms with Crippen LogP contribution < -0.4 is 5.32 Å². The van der Waals surface area contributed by atoms with Crippen molar-refractivity contribution in [2.45, 2.75) is 50.1 Å². The molecule has 1 saturated heterocycles. The molecule has 1 fully saturated rings. The normalized spacial score (nSPS) is 19.3. The number of amides is 2. The Morgan fingerprint density at radius 3 is 2.26 bits per heavy atom. The van der Waals surface area contributed by atoms with Crippen molar-refractivity contribution in [2.24, 2.45) is 0 Å². The maximum Gasteiger partial charge on any atom is 0.407 e. The van der Waals surface area contributed by atoms with E-state index in [2.05, 4.69) is 5.32 Å². The molecular weight excluding hydrogens is 446 g/mol. The number of carbonyl (C=O) groups excluding carboxylic acids is 2. The third kappa shape index (κ3) is 4.60. The van der Waals surface area contributed by atoms with Gasteiger partial charge in [0, 0.05) is 12.3 Å². The van der Waals surface area contributed by atoms with Crippen molar-refractivity contribution in [1.82, 2.24) is 10.2 Å². The van der Waals surface area contributed by atoms with E-state index in [0.29, 0.717) is 11.3 Å². The highest BCUT2D eigenvalue weighted by Gasteiger charge is 2.51. The number of hydrogen-bond acceptors (Lipinski definition) is 4. The standard InChI is InChI=1S/C25H26F2N2O5/c1-2-7-20(22(30)29-14-25(26,27)12-21(29)23(31)32)28-24(33)34-13-19-17-10-5-3-8-15(17)16-9-4-6-11-18(16)19/h3-6,8-11,19-21H,2,7,12-14H2,1H3,(H,28,33)(H,31,32)/t20?,21-/m1/s1. The van der Waals surface area contributed by atoms with Crippen LogP contribution in [0.25, 0.3) is 11.1 Å². The number of alkyl carbamates (subject to hydrolysis) is 1. The molecule has 0 radical (unpaired) electrons. The molecule has 0 spiro atoms. The van der Waals surface area contributed by atoms with E-state index in [-0.39, 0.29) is 18.9 Å². The van der Waals surface area contributed by atoms with Crippen LogP contribution in [0.15, 0.2) is 48.5 Å². The zero-order valence-electron chi connectivity index (χ0n) is 18.7. The Balaban J connectivity index is 1.44. The van der Waals surface area contributed by atoms with E-state index < -0.39 is 48.9 Å². The number of halogens is 2. The zero-order chi connectivity index (χ0) is 24.5. The first-order valence-electron chi connectivity index (χ1n) is 11.2. The van der Waals surface area contributed by atoms with Crippen molar-refractivity contribution in [2.75, 3.05) is 13.2 Å². The van der Waals surface area contributed by atoms with Gasteiger partial charge in [-0.15, -0.1) is 0 Å². The predicted molar refractivity (Wildman–Crippen MR) is 120 cm³/mol. The molecule has 0 bridgehead atoms. The molecule has 1 aliphatic heterocycles. The van der Waals surface area contributed by atoms with Crippen molar-refractivity contribution in [3.05, 3.63) is 59.7 Å².